The minimum absolute atomic E-state index is 0.282. The second-order valence-corrected chi connectivity index (χ2v) is 5.58. The highest BCUT2D eigenvalue weighted by Crippen LogP contribution is 2.35. The third-order valence-electron chi connectivity index (χ3n) is 3.95. The van der Waals surface area contributed by atoms with E-state index in [1.54, 1.807) is 37.5 Å². The molecule has 0 radical (unpaired) electrons. The normalized spacial score (nSPS) is 10.4. The highest BCUT2D eigenvalue weighted by atomic mass is 16.5. The van der Waals surface area contributed by atoms with E-state index >= 15 is 0 Å². The van der Waals surface area contributed by atoms with E-state index in [1.807, 2.05) is 12.1 Å². The molecule has 0 aromatic heterocycles. The van der Waals surface area contributed by atoms with Crippen molar-refractivity contribution in [2.24, 2.45) is 0 Å². The van der Waals surface area contributed by atoms with Gasteiger partial charge in [0.15, 0.2) is 17.3 Å². The molecule has 2 aromatic rings. The molecule has 0 saturated heterocycles. The minimum atomic E-state index is -0.282. The van der Waals surface area contributed by atoms with Crippen LogP contribution in [-0.2, 0) is 0 Å². The average Bonchev–Trinajstić information content (AvgIpc) is 2.74. The molecule has 6 nitrogen and oxygen atoms in total. The van der Waals surface area contributed by atoms with Crippen molar-refractivity contribution < 1.29 is 28.5 Å². The summed E-state index contributed by atoms with van der Waals surface area (Å²) in [6, 6.07) is 8.70. The second-order valence-electron chi connectivity index (χ2n) is 5.58. The molecule has 2 aromatic carbocycles. The van der Waals surface area contributed by atoms with E-state index < -0.39 is 0 Å². The standard InChI is InChI=1S/C22H24O6/c1-6-12-28-18-9-7-8-15(22(18)27-5)10-11-17(23)21-19(25-3)13-16(24-2)14-20(21)26-4/h6-11,13-14H,1,12H2,2-5H3/b11-10+. The van der Waals surface area contributed by atoms with Crippen molar-refractivity contribution in [2.75, 3.05) is 35.0 Å². The number of carbonyl (C=O) groups is 1. The molecule has 2 rings (SSSR count). The van der Waals surface area contributed by atoms with Crippen LogP contribution in [0, 0.1) is 0 Å². The van der Waals surface area contributed by atoms with Gasteiger partial charge in [0.25, 0.3) is 0 Å². The molecule has 148 valence electrons. The number of ketones is 1. The van der Waals surface area contributed by atoms with Crippen LogP contribution in [0.1, 0.15) is 15.9 Å². The first-order chi connectivity index (χ1) is 13.6. The molecule has 0 saturated carbocycles. The zero-order valence-electron chi connectivity index (χ0n) is 16.5. The lowest BCUT2D eigenvalue weighted by Gasteiger charge is -2.13. The third-order valence-corrected chi connectivity index (χ3v) is 3.95. The van der Waals surface area contributed by atoms with E-state index in [0.29, 0.717) is 46.5 Å². The van der Waals surface area contributed by atoms with Crippen LogP contribution < -0.4 is 23.7 Å². The Hall–Kier alpha value is -3.41. The highest BCUT2D eigenvalue weighted by Gasteiger charge is 2.19. The molecule has 0 aliphatic heterocycles. The molecule has 6 heteroatoms. The third kappa shape index (κ3) is 4.65. The van der Waals surface area contributed by atoms with E-state index in [-0.39, 0.29) is 5.78 Å². The first-order valence-corrected chi connectivity index (χ1v) is 8.52. The van der Waals surface area contributed by atoms with Crippen LogP contribution in [0.25, 0.3) is 6.08 Å². The summed E-state index contributed by atoms with van der Waals surface area (Å²) in [5.41, 5.74) is 1.00. The number of hydrogen-bond acceptors (Lipinski definition) is 6. The molecule has 0 aliphatic rings. The Morgan fingerprint density at radius 1 is 0.964 bits per heavy atom. The van der Waals surface area contributed by atoms with Gasteiger partial charge in [0.1, 0.15) is 29.4 Å². The maximum absolute atomic E-state index is 12.9. The summed E-state index contributed by atoms with van der Waals surface area (Å²) >= 11 is 0. The summed E-state index contributed by atoms with van der Waals surface area (Å²) in [5, 5.41) is 0. The summed E-state index contributed by atoms with van der Waals surface area (Å²) in [5.74, 6) is 2.07. The fourth-order valence-corrected chi connectivity index (χ4v) is 2.64. The quantitative estimate of drug-likeness (QED) is 0.348. The van der Waals surface area contributed by atoms with Gasteiger partial charge in [-0.05, 0) is 18.2 Å². The molecule has 0 amide bonds. The lowest BCUT2D eigenvalue weighted by molar-refractivity contribution is 0.104. The SMILES string of the molecule is C=CCOc1cccc(/C=C/C(=O)c2c(OC)cc(OC)cc2OC)c1OC. The van der Waals surface area contributed by atoms with Crippen molar-refractivity contribution in [3.63, 3.8) is 0 Å². The van der Waals surface area contributed by atoms with E-state index in [1.165, 1.54) is 27.4 Å². The minimum Gasteiger partial charge on any atom is -0.496 e. The molecule has 0 bridgehead atoms. The van der Waals surface area contributed by atoms with Crippen LogP contribution in [0.4, 0.5) is 0 Å². The lowest BCUT2D eigenvalue weighted by Crippen LogP contribution is -2.03. The predicted molar refractivity (Wildman–Crippen MR) is 108 cm³/mol. The predicted octanol–water partition coefficient (Wildman–Crippen LogP) is 4.18. The van der Waals surface area contributed by atoms with Gasteiger partial charge in [-0.1, -0.05) is 24.8 Å². The Balaban J connectivity index is 2.40. The summed E-state index contributed by atoms with van der Waals surface area (Å²) in [4.78, 5) is 12.9. The highest BCUT2D eigenvalue weighted by molar-refractivity contribution is 6.10. The first-order valence-electron chi connectivity index (χ1n) is 8.52. The van der Waals surface area contributed by atoms with Crippen LogP contribution in [0.15, 0.2) is 49.1 Å². The average molecular weight is 384 g/mol. The molecule has 0 spiro atoms. The molecular weight excluding hydrogens is 360 g/mol. The van der Waals surface area contributed by atoms with Crippen LogP contribution in [0.2, 0.25) is 0 Å². The van der Waals surface area contributed by atoms with Gasteiger partial charge in [-0.2, -0.15) is 0 Å². The van der Waals surface area contributed by atoms with Crippen molar-refractivity contribution in [1.29, 1.82) is 0 Å². The van der Waals surface area contributed by atoms with Crippen molar-refractivity contribution in [1.82, 2.24) is 0 Å². The molecule has 0 atom stereocenters. The van der Waals surface area contributed by atoms with Crippen LogP contribution in [-0.4, -0.2) is 40.8 Å². The van der Waals surface area contributed by atoms with Gasteiger partial charge in [-0.25, -0.2) is 0 Å². The van der Waals surface area contributed by atoms with Gasteiger partial charge >= 0.3 is 0 Å². The zero-order valence-corrected chi connectivity index (χ0v) is 16.5. The Kier molecular flexibility index (Phi) is 7.51. The molecule has 0 unspecified atom stereocenters. The fourth-order valence-electron chi connectivity index (χ4n) is 2.64. The number of carbonyl (C=O) groups excluding carboxylic acids is 1. The van der Waals surface area contributed by atoms with E-state index in [9.17, 15) is 4.79 Å². The summed E-state index contributed by atoms with van der Waals surface area (Å²) in [6.07, 6.45) is 4.74. The van der Waals surface area contributed by atoms with Gasteiger partial charge in [0, 0.05) is 17.7 Å². The molecule has 0 N–H and O–H groups in total. The van der Waals surface area contributed by atoms with Crippen molar-refractivity contribution in [3.05, 3.63) is 60.2 Å². The van der Waals surface area contributed by atoms with E-state index in [0.717, 1.165) is 0 Å². The molecular formula is C22H24O6. The molecule has 0 aliphatic carbocycles. The second kappa shape index (κ2) is 10.1. The zero-order chi connectivity index (χ0) is 20.5. The Morgan fingerprint density at radius 2 is 1.64 bits per heavy atom. The summed E-state index contributed by atoms with van der Waals surface area (Å²) in [7, 11) is 6.05. The largest absolute Gasteiger partial charge is 0.496 e. The molecule has 0 heterocycles. The molecule has 0 fully saturated rings. The first kappa shape index (κ1) is 20.9. The van der Waals surface area contributed by atoms with Crippen LogP contribution in [0.5, 0.6) is 28.7 Å². The summed E-state index contributed by atoms with van der Waals surface area (Å²) in [6.45, 7) is 3.98. The summed E-state index contributed by atoms with van der Waals surface area (Å²) < 4.78 is 26.9. The van der Waals surface area contributed by atoms with Crippen molar-refractivity contribution in [3.8, 4) is 28.7 Å². The van der Waals surface area contributed by atoms with Gasteiger partial charge in [-0.3, -0.25) is 4.79 Å². The smallest absolute Gasteiger partial charge is 0.193 e. The van der Waals surface area contributed by atoms with Crippen LogP contribution >= 0.6 is 0 Å². The van der Waals surface area contributed by atoms with E-state index in [4.69, 9.17) is 23.7 Å². The lowest BCUT2D eigenvalue weighted by atomic mass is 10.1. The Bertz CT molecular complexity index is 844. The van der Waals surface area contributed by atoms with Gasteiger partial charge in [-0.15, -0.1) is 0 Å². The topological polar surface area (TPSA) is 63.2 Å². The maximum atomic E-state index is 12.9. The maximum Gasteiger partial charge on any atom is 0.193 e. The number of hydrogen-bond donors (Lipinski definition) is 0. The number of rotatable bonds is 10. The van der Waals surface area contributed by atoms with Gasteiger partial charge < -0.3 is 23.7 Å². The van der Waals surface area contributed by atoms with E-state index in [2.05, 4.69) is 6.58 Å². The Morgan fingerprint density at radius 3 is 2.18 bits per heavy atom. The number of benzene rings is 2. The van der Waals surface area contributed by atoms with Gasteiger partial charge in [0.2, 0.25) is 0 Å². The number of methoxy groups -OCH3 is 4. The number of para-hydroxylation sites is 1. The van der Waals surface area contributed by atoms with Crippen molar-refractivity contribution in [2.45, 2.75) is 0 Å². The number of ether oxygens (including phenoxy) is 5. The fraction of sp³-hybridized carbons (Fsp3) is 0.227. The number of allylic oxidation sites excluding steroid dienone is 1. The molecule has 28 heavy (non-hydrogen) atoms. The van der Waals surface area contributed by atoms with Crippen LogP contribution in [0.3, 0.4) is 0 Å². The Labute approximate surface area is 164 Å². The van der Waals surface area contributed by atoms with Gasteiger partial charge in [0.05, 0.1) is 28.4 Å². The van der Waals surface area contributed by atoms with Crippen molar-refractivity contribution >= 4 is 11.9 Å². The monoisotopic (exact) mass is 384 g/mol.